The van der Waals surface area contributed by atoms with Crippen LogP contribution < -0.4 is 5.73 Å². The van der Waals surface area contributed by atoms with Crippen molar-refractivity contribution < 1.29 is 0 Å². The molecule has 2 rings (SSSR count). The Hall–Kier alpha value is -0.380. The maximum atomic E-state index is 6.14. The normalized spacial score (nSPS) is 26.1. The van der Waals surface area contributed by atoms with Crippen LogP contribution in [0.1, 0.15) is 25.3 Å². The molecule has 2 atom stereocenters. The van der Waals surface area contributed by atoms with Gasteiger partial charge in [-0.2, -0.15) is 0 Å². The summed E-state index contributed by atoms with van der Waals surface area (Å²) in [5, 5.41) is 0. The van der Waals surface area contributed by atoms with Gasteiger partial charge in [-0.15, -0.1) is 0 Å². The smallest absolute Gasteiger partial charge is 0.0234 e. The summed E-state index contributed by atoms with van der Waals surface area (Å²) in [5.41, 5.74) is 7.51. The van der Waals surface area contributed by atoms with Crippen LogP contribution in [0.25, 0.3) is 0 Å². The van der Waals surface area contributed by atoms with E-state index in [4.69, 9.17) is 5.73 Å². The molecular weight excluding hydrogens is 276 g/mol. The monoisotopic (exact) mass is 296 g/mol. The van der Waals surface area contributed by atoms with Crippen molar-refractivity contribution in [1.82, 2.24) is 4.90 Å². The first-order chi connectivity index (χ1) is 8.19. The predicted octanol–water partition coefficient (Wildman–Crippen LogP) is 3.01. The van der Waals surface area contributed by atoms with Crippen molar-refractivity contribution in [2.24, 2.45) is 11.7 Å². The van der Waals surface area contributed by atoms with Crippen molar-refractivity contribution in [3.05, 3.63) is 34.3 Å². The molecule has 2 N–H and O–H groups in total. The third-order valence-corrected chi connectivity index (χ3v) is 4.19. The number of nitrogens with two attached hydrogens (primary N) is 1. The van der Waals surface area contributed by atoms with Gasteiger partial charge in [0, 0.05) is 23.6 Å². The first kappa shape index (κ1) is 13.1. The summed E-state index contributed by atoms with van der Waals surface area (Å²) in [7, 11) is 0. The molecule has 1 aromatic rings. The quantitative estimate of drug-likeness (QED) is 0.929. The Balaban J connectivity index is 1.95. The molecule has 3 heteroatoms. The first-order valence-electron chi connectivity index (χ1n) is 6.41. The van der Waals surface area contributed by atoms with E-state index in [0.29, 0.717) is 12.0 Å². The molecule has 1 aliphatic rings. The lowest BCUT2D eigenvalue weighted by Crippen LogP contribution is -2.46. The van der Waals surface area contributed by atoms with Crippen LogP contribution in [0, 0.1) is 5.92 Å². The summed E-state index contributed by atoms with van der Waals surface area (Å²) >= 11 is 3.52. The first-order valence-corrected chi connectivity index (χ1v) is 7.20. The number of rotatable bonds is 3. The molecule has 1 aliphatic heterocycles. The van der Waals surface area contributed by atoms with Crippen LogP contribution in [0.4, 0.5) is 0 Å². The second-order valence-electron chi connectivity index (χ2n) is 4.99. The molecule has 0 aliphatic carbocycles. The Morgan fingerprint density at radius 1 is 1.47 bits per heavy atom. The molecule has 0 saturated carbocycles. The third kappa shape index (κ3) is 3.54. The van der Waals surface area contributed by atoms with E-state index in [-0.39, 0.29) is 0 Å². The molecule has 94 valence electrons. The zero-order valence-corrected chi connectivity index (χ0v) is 12.0. The third-order valence-electron chi connectivity index (χ3n) is 3.70. The predicted molar refractivity (Wildman–Crippen MR) is 75.8 cm³/mol. The highest BCUT2D eigenvalue weighted by Gasteiger charge is 2.24. The van der Waals surface area contributed by atoms with E-state index in [2.05, 4.69) is 52.0 Å². The SMILES string of the molecule is CCC1CN(Cc2cccc(Br)c2)CCC1N. The van der Waals surface area contributed by atoms with E-state index in [1.165, 1.54) is 12.0 Å². The van der Waals surface area contributed by atoms with Gasteiger partial charge in [0.15, 0.2) is 0 Å². The molecule has 0 spiro atoms. The van der Waals surface area contributed by atoms with E-state index in [1.54, 1.807) is 0 Å². The van der Waals surface area contributed by atoms with Crippen molar-refractivity contribution in [3.63, 3.8) is 0 Å². The summed E-state index contributed by atoms with van der Waals surface area (Å²) in [4.78, 5) is 2.53. The van der Waals surface area contributed by atoms with E-state index >= 15 is 0 Å². The zero-order chi connectivity index (χ0) is 12.3. The van der Waals surface area contributed by atoms with Crippen molar-refractivity contribution >= 4 is 15.9 Å². The lowest BCUT2D eigenvalue weighted by Gasteiger charge is -2.36. The van der Waals surface area contributed by atoms with Gasteiger partial charge in [-0.25, -0.2) is 0 Å². The van der Waals surface area contributed by atoms with Crippen LogP contribution in [0.2, 0.25) is 0 Å². The fraction of sp³-hybridized carbons (Fsp3) is 0.571. The molecule has 0 aromatic heterocycles. The van der Waals surface area contributed by atoms with Crippen LogP contribution in [0.3, 0.4) is 0 Å². The fourth-order valence-electron chi connectivity index (χ4n) is 2.59. The summed E-state index contributed by atoms with van der Waals surface area (Å²) in [6, 6.07) is 8.98. The number of piperidine rings is 1. The van der Waals surface area contributed by atoms with Crippen LogP contribution >= 0.6 is 15.9 Å². The van der Waals surface area contributed by atoms with Crippen molar-refractivity contribution in [2.75, 3.05) is 13.1 Å². The van der Waals surface area contributed by atoms with Gasteiger partial charge in [0.2, 0.25) is 0 Å². The van der Waals surface area contributed by atoms with Gasteiger partial charge >= 0.3 is 0 Å². The lowest BCUT2D eigenvalue weighted by atomic mass is 9.90. The average molecular weight is 297 g/mol. The van der Waals surface area contributed by atoms with Crippen molar-refractivity contribution in [3.8, 4) is 0 Å². The number of hydrogen-bond acceptors (Lipinski definition) is 2. The molecule has 1 fully saturated rings. The Labute approximate surface area is 112 Å². The molecule has 0 amide bonds. The van der Waals surface area contributed by atoms with Crippen LogP contribution in [0.15, 0.2) is 28.7 Å². The molecule has 0 radical (unpaired) electrons. The number of nitrogens with zero attached hydrogens (tertiary/aromatic N) is 1. The largest absolute Gasteiger partial charge is 0.327 e. The van der Waals surface area contributed by atoms with Gasteiger partial charge in [-0.1, -0.05) is 41.4 Å². The second kappa shape index (κ2) is 5.98. The highest BCUT2D eigenvalue weighted by atomic mass is 79.9. The Bertz CT molecular complexity index is 367. The van der Waals surface area contributed by atoms with Gasteiger partial charge in [-0.05, 0) is 36.6 Å². The standard InChI is InChI=1S/C14H21BrN2/c1-2-12-10-17(7-6-14(12)16)9-11-4-3-5-13(15)8-11/h3-5,8,12,14H,2,6-7,9-10,16H2,1H3. The highest BCUT2D eigenvalue weighted by molar-refractivity contribution is 9.10. The van der Waals surface area contributed by atoms with Crippen LogP contribution in [-0.4, -0.2) is 24.0 Å². The summed E-state index contributed by atoms with van der Waals surface area (Å²) in [6.45, 7) is 5.56. The molecule has 2 nitrogen and oxygen atoms in total. The molecule has 1 heterocycles. The van der Waals surface area contributed by atoms with Gasteiger partial charge in [-0.3, -0.25) is 4.90 Å². The van der Waals surface area contributed by atoms with Crippen molar-refractivity contribution in [2.45, 2.75) is 32.4 Å². The van der Waals surface area contributed by atoms with Gasteiger partial charge in [0.25, 0.3) is 0 Å². The molecule has 2 unspecified atom stereocenters. The van der Waals surface area contributed by atoms with Crippen molar-refractivity contribution in [1.29, 1.82) is 0 Å². The zero-order valence-electron chi connectivity index (χ0n) is 10.4. The minimum Gasteiger partial charge on any atom is -0.327 e. The number of hydrogen-bond donors (Lipinski definition) is 1. The maximum absolute atomic E-state index is 6.14. The molecule has 0 bridgehead atoms. The number of likely N-dealkylation sites (tertiary alicyclic amines) is 1. The van der Waals surface area contributed by atoms with E-state index in [0.717, 1.165) is 30.5 Å². The summed E-state index contributed by atoms with van der Waals surface area (Å²) in [5.74, 6) is 0.663. The van der Waals surface area contributed by atoms with Crippen LogP contribution in [0.5, 0.6) is 0 Å². The van der Waals surface area contributed by atoms with E-state index in [1.807, 2.05) is 0 Å². The van der Waals surface area contributed by atoms with Crippen LogP contribution in [-0.2, 0) is 6.54 Å². The topological polar surface area (TPSA) is 29.3 Å². The highest BCUT2D eigenvalue weighted by Crippen LogP contribution is 2.21. The molecular formula is C14H21BrN2. The maximum Gasteiger partial charge on any atom is 0.0234 e. The molecule has 1 saturated heterocycles. The fourth-order valence-corrected chi connectivity index (χ4v) is 3.04. The second-order valence-corrected chi connectivity index (χ2v) is 5.90. The number of halogens is 1. The minimum absolute atomic E-state index is 0.402. The lowest BCUT2D eigenvalue weighted by molar-refractivity contribution is 0.145. The Morgan fingerprint density at radius 3 is 3.00 bits per heavy atom. The molecule has 1 aromatic carbocycles. The average Bonchev–Trinajstić information content (AvgIpc) is 2.32. The van der Waals surface area contributed by atoms with E-state index < -0.39 is 0 Å². The van der Waals surface area contributed by atoms with Gasteiger partial charge in [0.1, 0.15) is 0 Å². The summed E-state index contributed by atoms with van der Waals surface area (Å²) in [6.07, 6.45) is 2.32. The minimum atomic E-state index is 0.402. The Kier molecular flexibility index (Phi) is 4.60. The number of benzene rings is 1. The van der Waals surface area contributed by atoms with Gasteiger partial charge in [0.05, 0.1) is 0 Å². The van der Waals surface area contributed by atoms with E-state index in [9.17, 15) is 0 Å². The summed E-state index contributed by atoms with van der Waals surface area (Å²) < 4.78 is 1.16. The molecule has 17 heavy (non-hydrogen) atoms. The van der Waals surface area contributed by atoms with Gasteiger partial charge < -0.3 is 5.73 Å². The Morgan fingerprint density at radius 2 is 2.29 bits per heavy atom.